The summed E-state index contributed by atoms with van der Waals surface area (Å²) >= 11 is 3.26. The van der Waals surface area contributed by atoms with E-state index >= 15 is 0 Å². The number of hydrogen-bond acceptors (Lipinski definition) is 3. The average Bonchev–Trinajstić information content (AvgIpc) is 2.25. The molecule has 0 bridgehead atoms. The van der Waals surface area contributed by atoms with E-state index in [9.17, 15) is 4.79 Å². The molecular formula is C10H12BrN3O. The highest BCUT2D eigenvalue weighted by Crippen LogP contribution is 2.12. The van der Waals surface area contributed by atoms with Gasteiger partial charge in [0.25, 0.3) is 5.91 Å². The van der Waals surface area contributed by atoms with Crippen molar-refractivity contribution >= 4 is 21.8 Å². The monoisotopic (exact) mass is 269 g/mol. The lowest BCUT2D eigenvalue weighted by molar-refractivity contribution is 0.0952. The summed E-state index contributed by atoms with van der Waals surface area (Å²) in [4.78, 5) is 15.5. The molecule has 1 rings (SSSR count). The van der Waals surface area contributed by atoms with Gasteiger partial charge in [0.15, 0.2) is 0 Å². The van der Waals surface area contributed by atoms with Crippen LogP contribution in [0.4, 0.5) is 0 Å². The van der Waals surface area contributed by atoms with Crippen LogP contribution in [0.15, 0.2) is 35.0 Å². The molecular weight excluding hydrogens is 258 g/mol. The van der Waals surface area contributed by atoms with Crippen LogP contribution in [0.2, 0.25) is 0 Å². The summed E-state index contributed by atoms with van der Waals surface area (Å²) in [6, 6.07) is 3.53. The summed E-state index contributed by atoms with van der Waals surface area (Å²) in [5, 5.41) is 2.70. The summed E-state index contributed by atoms with van der Waals surface area (Å²) in [5.41, 5.74) is 5.65. The van der Waals surface area contributed by atoms with Gasteiger partial charge in [-0.15, -0.1) is 0 Å². The van der Waals surface area contributed by atoms with E-state index in [0.29, 0.717) is 23.3 Å². The Hall–Kier alpha value is -1.20. The van der Waals surface area contributed by atoms with Crippen molar-refractivity contribution in [2.24, 2.45) is 5.73 Å². The van der Waals surface area contributed by atoms with Crippen molar-refractivity contribution in [1.82, 2.24) is 10.3 Å². The Balaban J connectivity index is 2.54. The van der Waals surface area contributed by atoms with E-state index in [-0.39, 0.29) is 5.91 Å². The molecule has 1 aromatic rings. The first-order valence-electron chi connectivity index (χ1n) is 4.49. The van der Waals surface area contributed by atoms with Gasteiger partial charge in [-0.05, 0) is 28.1 Å². The van der Waals surface area contributed by atoms with Crippen molar-refractivity contribution in [3.05, 3.63) is 40.6 Å². The highest BCUT2D eigenvalue weighted by atomic mass is 79.9. The fourth-order valence-corrected chi connectivity index (χ4v) is 1.40. The van der Waals surface area contributed by atoms with Gasteiger partial charge in [-0.25, -0.2) is 4.98 Å². The number of amides is 1. The molecule has 15 heavy (non-hydrogen) atoms. The molecule has 1 aromatic heterocycles. The van der Waals surface area contributed by atoms with Crippen LogP contribution < -0.4 is 11.1 Å². The molecule has 0 unspecified atom stereocenters. The molecule has 1 heterocycles. The Kier molecular flexibility index (Phi) is 5.00. The highest BCUT2D eigenvalue weighted by molar-refractivity contribution is 9.10. The molecule has 0 spiro atoms. The molecule has 3 N–H and O–H groups in total. The van der Waals surface area contributed by atoms with E-state index in [4.69, 9.17) is 5.73 Å². The normalized spacial score (nSPS) is 10.5. The summed E-state index contributed by atoms with van der Waals surface area (Å²) < 4.78 is 0.685. The molecule has 5 heteroatoms. The number of nitrogens with zero attached hydrogens (tertiary/aromatic N) is 1. The van der Waals surface area contributed by atoms with Gasteiger partial charge in [0.05, 0.1) is 0 Å². The zero-order chi connectivity index (χ0) is 11.1. The molecule has 4 nitrogen and oxygen atoms in total. The summed E-state index contributed by atoms with van der Waals surface area (Å²) in [7, 11) is 0. The molecule has 0 radical (unpaired) electrons. The lowest BCUT2D eigenvalue weighted by Gasteiger charge is -2.02. The molecule has 0 aliphatic heterocycles. The zero-order valence-electron chi connectivity index (χ0n) is 8.11. The number of nitrogens with one attached hydrogen (secondary N) is 1. The van der Waals surface area contributed by atoms with E-state index < -0.39 is 0 Å². The van der Waals surface area contributed by atoms with Crippen LogP contribution >= 0.6 is 15.9 Å². The SMILES string of the molecule is NC/C=C/CNC(=O)c1ncccc1Br. The average molecular weight is 270 g/mol. The summed E-state index contributed by atoms with van der Waals surface area (Å²) in [5.74, 6) is -0.204. The molecule has 80 valence electrons. The maximum absolute atomic E-state index is 11.6. The van der Waals surface area contributed by atoms with E-state index in [0.717, 1.165) is 0 Å². The number of aromatic nitrogens is 1. The van der Waals surface area contributed by atoms with Crippen LogP contribution in [0.3, 0.4) is 0 Å². The number of carbonyl (C=O) groups is 1. The predicted molar refractivity (Wildman–Crippen MR) is 62.5 cm³/mol. The number of carbonyl (C=O) groups excluding carboxylic acids is 1. The van der Waals surface area contributed by atoms with Gasteiger partial charge in [0.1, 0.15) is 5.69 Å². The zero-order valence-corrected chi connectivity index (χ0v) is 9.70. The third-order valence-electron chi connectivity index (χ3n) is 1.66. The molecule has 0 aliphatic carbocycles. The van der Waals surface area contributed by atoms with Crippen molar-refractivity contribution < 1.29 is 4.79 Å². The number of nitrogens with two attached hydrogens (primary N) is 1. The number of pyridine rings is 1. The Morgan fingerprint density at radius 1 is 1.60 bits per heavy atom. The minimum absolute atomic E-state index is 0.204. The van der Waals surface area contributed by atoms with Crippen LogP contribution in [0, 0.1) is 0 Å². The molecule has 0 saturated carbocycles. The summed E-state index contributed by atoms with van der Waals surface area (Å²) in [6.07, 6.45) is 5.16. The van der Waals surface area contributed by atoms with E-state index in [1.165, 1.54) is 0 Å². The smallest absolute Gasteiger partial charge is 0.271 e. The number of halogens is 1. The first-order valence-corrected chi connectivity index (χ1v) is 5.28. The maximum atomic E-state index is 11.6. The lowest BCUT2D eigenvalue weighted by Crippen LogP contribution is -2.24. The Morgan fingerprint density at radius 3 is 3.07 bits per heavy atom. The van der Waals surface area contributed by atoms with Gasteiger partial charge in [0, 0.05) is 23.8 Å². The topological polar surface area (TPSA) is 68.0 Å². The second-order valence-electron chi connectivity index (χ2n) is 2.75. The van der Waals surface area contributed by atoms with Crippen molar-refractivity contribution in [2.75, 3.05) is 13.1 Å². The van der Waals surface area contributed by atoms with E-state index in [1.54, 1.807) is 30.5 Å². The first-order chi connectivity index (χ1) is 7.25. The Bertz CT molecular complexity index is 365. The minimum atomic E-state index is -0.204. The predicted octanol–water partition coefficient (Wildman–Crippen LogP) is 1.09. The van der Waals surface area contributed by atoms with Crippen LogP contribution in [-0.2, 0) is 0 Å². The second kappa shape index (κ2) is 6.31. The van der Waals surface area contributed by atoms with Crippen molar-refractivity contribution in [2.45, 2.75) is 0 Å². The second-order valence-corrected chi connectivity index (χ2v) is 3.61. The molecule has 0 saturated heterocycles. The van der Waals surface area contributed by atoms with Gasteiger partial charge < -0.3 is 11.1 Å². The van der Waals surface area contributed by atoms with Gasteiger partial charge in [-0.1, -0.05) is 12.2 Å². The standard InChI is InChI=1S/C10H12BrN3O/c11-8-4-3-7-13-9(8)10(15)14-6-2-1-5-12/h1-4,7H,5-6,12H2,(H,14,15)/b2-1+. The quantitative estimate of drug-likeness (QED) is 0.805. The summed E-state index contributed by atoms with van der Waals surface area (Å²) in [6.45, 7) is 0.933. The van der Waals surface area contributed by atoms with Crippen LogP contribution in [0.5, 0.6) is 0 Å². The molecule has 0 fully saturated rings. The highest BCUT2D eigenvalue weighted by Gasteiger charge is 2.08. The molecule has 0 aromatic carbocycles. The first kappa shape index (κ1) is 11.9. The Morgan fingerprint density at radius 2 is 2.40 bits per heavy atom. The maximum Gasteiger partial charge on any atom is 0.271 e. The van der Waals surface area contributed by atoms with Gasteiger partial charge >= 0.3 is 0 Å². The fourth-order valence-electron chi connectivity index (χ4n) is 0.968. The van der Waals surface area contributed by atoms with Crippen molar-refractivity contribution in [1.29, 1.82) is 0 Å². The third kappa shape index (κ3) is 3.81. The van der Waals surface area contributed by atoms with Gasteiger partial charge in [-0.2, -0.15) is 0 Å². The van der Waals surface area contributed by atoms with Crippen molar-refractivity contribution in [3.8, 4) is 0 Å². The lowest BCUT2D eigenvalue weighted by atomic mass is 10.3. The minimum Gasteiger partial charge on any atom is -0.347 e. The third-order valence-corrected chi connectivity index (χ3v) is 2.30. The number of hydrogen-bond donors (Lipinski definition) is 2. The van der Waals surface area contributed by atoms with Gasteiger partial charge in [-0.3, -0.25) is 4.79 Å². The van der Waals surface area contributed by atoms with E-state index in [1.807, 2.05) is 0 Å². The number of rotatable bonds is 4. The fraction of sp³-hybridized carbons (Fsp3) is 0.200. The van der Waals surface area contributed by atoms with Crippen LogP contribution in [0.25, 0.3) is 0 Å². The van der Waals surface area contributed by atoms with Crippen LogP contribution in [-0.4, -0.2) is 24.0 Å². The van der Waals surface area contributed by atoms with E-state index in [2.05, 4.69) is 26.2 Å². The van der Waals surface area contributed by atoms with Gasteiger partial charge in [0.2, 0.25) is 0 Å². The van der Waals surface area contributed by atoms with Crippen molar-refractivity contribution in [3.63, 3.8) is 0 Å². The molecule has 0 aliphatic rings. The van der Waals surface area contributed by atoms with Crippen LogP contribution in [0.1, 0.15) is 10.5 Å². The Labute approximate surface area is 96.7 Å². The molecule has 0 atom stereocenters. The largest absolute Gasteiger partial charge is 0.347 e. The molecule has 1 amide bonds.